The highest BCUT2D eigenvalue weighted by Gasteiger charge is 2.19. The number of nitrogens with zero attached hydrogens (tertiary/aromatic N) is 2. The Morgan fingerprint density at radius 2 is 2.26 bits per heavy atom. The van der Waals surface area contributed by atoms with Gasteiger partial charge in [0.2, 0.25) is 0 Å². The van der Waals surface area contributed by atoms with Crippen LogP contribution in [0.4, 0.5) is 0 Å². The second kappa shape index (κ2) is 5.42. The van der Waals surface area contributed by atoms with Crippen molar-refractivity contribution in [3.63, 3.8) is 0 Å². The summed E-state index contributed by atoms with van der Waals surface area (Å²) >= 11 is 6.17. The molecule has 0 aliphatic heterocycles. The van der Waals surface area contributed by atoms with Crippen LogP contribution in [0.1, 0.15) is 17.5 Å². The molecule has 2 rings (SSSR count). The Morgan fingerprint density at radius 3 is 2.79 bits per heavy atom. The van der Waals surface area contributed by atoms with Crippen molar-refractivity contribution >= 4 is 17.6 Å². The van der Waals surface area contributed by atoms with Crippen molar-refractivity contribution in [2.75, 3.05) is 7.11 Å². The van der Waals surface area contributed by atoms with E-state index in [9.17, 15) is 9.90 Å². The van der Waals surface area contributed by atoms with E-state index in [2.05, 4.69) is 9.72 Å². The first kappa shape index (κ1) is 13.6. The van der Waals surface area contributed by atoms with E-state index in [-0.39, 0.29) is 0 Å². The summed E-state index contributed by atoms with van der Waals surface area (Å²) in [7, 11) is 1.22. The van der Waals surface area contributed by atoms with Gasteiger partial charge in [0.05, 0.1) is 17.8 Å². The third-order valence-corrected chi connectivity index (χ3v) is 3.10. The zero-order chi connectivity index (χ0) is 14.0. The van der Waals surface area contributed by atoms with Crippen LogP contribution in [0.2, 0.25) is 5.02 Å². The summed E-state index contributed by atoms with van der Waals surface area (Å²) in [5, 5.41) is 10.2. The molecule has 100 valence electrons. The number of aryl methyl sites for hydroxylation is 1. The smallest absolute Gasteiger partial charge is 0.339 e. The molecule has 0 spiro atoms. The van der Waals surface area contributed by atoms with Crippen molar-refractivity contribution in [3.05, 3.63) is 47.0 Å². The summed E-state index contributed by atoms with van der Waals surface area (Å²) in [5.41, 5.74) is 1.12. The zero-order valence-electron chi connectivity index (χ0n) is 10.5. The standard InChI is InChI=1S/C13H13ClN2O3/c1-8-15-5-6-16(8)11-4-3-9(7-10(11)14)12(17)13(18)19-2/h3-7,12,17H,1-2H3. The Labute approximate surface area is 115 Å². The van der Waals surface area contributed by atoms with Crippen molar-refractivity contribution in [3.8, 4) is 5.69 Å². The molecule has 0 aliphatic carbocycles. The number of rotatable bonds is 3. The van der Waals surface area contributed by atoms with Crippen LogP contribution in [0.25, 0.3) is 5.69 Å². The Morgan fingerprint density at radius 1 is 1.53 bits per heavy atom. The van der Waals surface area contributed by atoms with Crippen LogP contribution in [0.15, 0.2) is 30.6 Å². The lowest BCUT2D eigenvalue weighted by molar-refractivity contribution is -0.150. The SMILES string of the molecule is COC(=O)C(O)c1ccc(-n2ccnc2C)c(Cl)c1. The summed E-state index contributed by atoms with van der Waals surface area (Å²) in [6.45, 7) is 1.85. The van der Waals surface area contributed by atoms with E-state index in [1.807, 2.05) is 11.5 Å². The minimum Gasteiger partial charge on any atom is -0.467 e. The number of halogens is 1. The van der Waals surface area contributed by atoms with Gasteiger partial charge in [-0.05, 0) is 24.6 Å². The average Bonchev–Trinajstić information content (AvgIpc) is 2.83. The first-order valence-electron chi connectivity index (χ1n) is 5.60. The molecule has 0 radical (unpaired) electrons. The molecule has 0 saturated heterocycles. The predicted octanol–water partition coefficient (Wildman–Crippen LogP) is 2.04. The van der Waals surface area contributed by atoms with Gasteiger partial charge >= 0.3 is 5.97 Å². The van der Waals surface area contributed by atoms with Crippen LogP contribution in [-0.4, -0.2) is 27.7 Å². The minimum absolute atomic E-state index is 0.387. The zero-order valence-corrected chi connectivity index (χ0v) is 11.3. The summed E-state index contributed by atoms with van der Waals surface area (Å²) in [4.78, 5) is 15.4. The quantitative estimate of drug-likeness (QED) is 0.874. The van der Waals surface area contributed by atoms with Crippen molar-refractivity contribution < 1.29 is 14.6 Å². The molecule has 1 unspecified atom stereocenters. The summed E-state index contributed by atoms with van der Waals surface area (Å²) in [6, 6.07) is 4.89. The third kappa shape index (κ3) is 2.62. The number of methoxy groups -OCH3 is 1. The van der Waals surface area contributed by atoms with Gasteiger partial charge in [-0.3, -0.25) is 0 Å². The molecule has 1 heterocycles. The third-order valence-electron chi connectivity index (χ3n) is 2.80. The number of hydrogen-bond acceptors (Lipinski definition) is 4. The van der Waals surface area contributed by atoms with Gasteiger partial charge in [-0.15, -0.1) is 0 Å². The normalized spacial score (nSPS) is 12.2. The molecule has 2 aromatic rings. The van der Waals surface area contributed by atoms with Crippen LogP contribution >= 0.6 is 11.6 Å². The maximum Gasteiger partial charge on any atom is 0.339 e. The second-order valence-electron chi connectivity index (χ2n) is 3.98. The van der Waals surface area contributed by atoms with Gasteiger partial charge in [0.15, 0.2) is 6.10 Å². The number of hydrogen-bond donors (Lipinski definition) is 1. The molecule has 0 bridgehead atoms. The molecule has 0 aliphatic rings. The molecule has 0 saturated carbocycles. The number of aliphatic hydroxyl groups excluding tert-OH is 1. The highest BCUT2D eigenvalue weighted by atomic mass is 35.5. The fourth-order valence-electron chi connectivity index (χ4n) is 1.77. The topological polar surface area (TPSA) is 64.3 Å². The first-order valence-corrected chi connectivity index (χ1v) is 5.98. The summed E-state index contributed by atoms with van der Waals surface area (Å²) in [6.07, 6.45) is 2.12. The van der Waals surface area contributed by atoms with Gasteiger partial charge in [0, 0.05) is 12.4 Å². The molecule has 0 amide bonds. The van der Waals surface area contributed by atoms with E-state index < -0.39 is 12.1 Å². The lowest BCUT2D eigenvalue weighted by Gasteiger charge is -2.12. The molecule has 5 nitrogen and oxygen atoms in total. The van der Waals surface area contributed by atoms with Crippen LogP contribution in [0, 0.1) is 6.92 Å². The van der Waals surface area contributed by atoms with Crippen molar-refractivity contribution in [1.82, 2.24) is 9.55 Å². The first-order chi connectivity index (χ1) is 9.04. The fourth-order valence-corrected chi connectivity index (χ4v) is 2.05. The fraction of sp³-hybridized carbons (Fsp3) is 0.231. The average molecular weight is 281 g/mol. The van der Waals surface area contributed by atoms with Crippen molar-refractivity contribution in [2.24, 2.45) is 0 Å². The molecule has 1 aromatic heterocycles. The van der Waals surface area contributed by atoms with Gasteiger partial charge in [-0.1, -0.05) is 17.7 Å². The molecule has 1 N–H and O–H groups in total. The Balaban J connectivity index is 2.38. The van der Waals surface area contributed by atoms with E-state index in [1.54, 1.807) is 24.5 Å². The number of carbonyl (C=O) groups is 1. The van der Waals surface area contributed by atoms with E-state index in [0.717, 1.165) is 11.5 Å². The lowest BCUT2D eigenvalue weighted by atomic mass is 10.1. The second-order valence-corrected chi connectivity index (χ2v) is 4.39. The van der Waals surface area contributed by atoms with Crippen LogP contribution < -0.4 is 0 Å². The number of benzene rings is 1. The molecule has 1 aromatic carbocycles. The number of aromatic nitrogens is 2. The van der Waals surface area contributed by atoms with Gasteiger partial charge in [-0.2, -0.15) is 0 Å². The maximum atomic E-state index is 11.3. The van der Waals surface area contributed by atoms with Crippen LogP contribution in [-0.2, 0) is 9.53 Å². The van der Waals surface area contributed by atoms with E-state index >= 15 is 0 Å². The molecule has 6 heteroatoms. The molecule has 1 atom stereocenters. The van der Waals surface area contributed by atoms with E-state index in [0.29, 0.717) is 10.6 Å². The van der Waals surface area contributed by atoms with Gasteiger partial charge in [0.25, 0.3) is 0 Å². The van der Waals surface area contributed by atoms with Gasteiger partial charge in [0.1, 0.15) is 5.82 Å². The van der Waals surface area contributed by atoms with Gasteiger partial charge < -0.3 is 14.4 Å². The minimum atomic E-state index is -1.33. The van der Waals surface area contributed by atoms with E-state index in [4.69, 9.17) is 11.6 Å². The highest BCUT2D eigenvalue weighted by Crippen LogP contribution is 2.26. The Kier molecular flexibility index (Phi) is 3.87. The largest absolute Gasteiger partial charge is 0.467 e. The van der Waals surface area contributed by atoms with Crippen molar-refractivity contribution in [1.29, 1.82) is 0 Å². The number of aliphatic hydroxyl groups is 1. The summed E-state index contributed by atoms with van der Waals surface area (Å²) in [5.74, 6) is 0.0748. The van der Waals surface area contributed by atoms with Crippen molar-refractivity contribution in [2.45, 2.75) is 13.0 Å². The number of esters is 1. The number of carbonyl (C=O) groups excluding carboxylic acids is 1. The maximum absolute atomic E-state index is 11.3. The predicted molar refractivity (Wildman–Crippen MR) is 70.3 cm³/mol. The summed E-state index contributed by atoms with van der Waals surface area (Å²) < 4.78 is 6.30. The number of ether oxygens (including phenoxy) is 1. The van der Waals surface area contributed by atoms with Gasteiger partial charge in [-0.25, -0.2) is 9.78 Å². The Bertz CT molecular complexity index is 610. The van der Waals surface area contributed by atoms with Crippen LogP contribution in [0.3, 0.4) is 0 Å². The molecule has 0 fully saturated rings. The molecular weight excluding hydrogens is 268 g/mol. The number of imidazole rings is 1. The highest BCUT2D eigenvalue weighted by molar-refractivity contribution is 6.32. The lowest BCUT2D eigenvalue weighted by Crippen LogP contribution is -2.13. The molecule has 19 heavy (non-hydrogen) atoms. The van der Waals surface area contributed by atoms with E-state index in [1.165, 1.54) is 13.2 Å². The molecular formula is C13H13ClN2O3. The van der Waals surface area contributed by atoms with Crippen LogP contribution in [0.5, 0.6) is 0 Å². The monoisotopic (exact) mass is 280 g/mol. The Hall–Kier alpha value is -1.85.